The van der Waals surface area contributed by atoms with Gasteiger partial charge < -0.3 is 14.6 Å². The van der Waals surface area contributed by atoms with Crippen molar-refractivity contribution in [2.24, 2.45) is 11.3 Å². The zero-order chi connectivity index (χ0) is 21.4. The second kappa shape index (κ2) is 8.18. The monoisotopic (exact) mass is 398 g/mol. The van der Waals surface area contributed by atoms with Gasteiger partial charge in [0.2, 0.25) is 0 Å². The standard InChI is InChI=1S/C26H38O3/c1-17(2)8-10-20-21(28-15-13-18(3)4)11-9-19-16-22-25(5,6)23(27)12-14-26(22,7)29-24(19)20/h8-9,11,13,22-23,27H,10,12,14-16H2,1-7H3/t22-,23-,26-/m0/s1. The molecule has 1 aliphatic carbocycles. The van der Waals surface area contributed by atoms with Crippen LogP contribution in [0, 0.1) is 11.3 Å². The second-order valence-electron chi connectivity index (χ2n) is 10.2. The molecule has 29 heavy (non-hydrogen) atoms. The van der Waals surface area contributed by atoms with E-state index in [1.807, 2.05) is 0 Å². The van der Waals surface area contributed by atoms with Crippen LogP contribution in [-0.4, -0.2) is 23.4 Å². The fourth-order valence-electron chi connectivity index (χ4n) is 4.92. The lowest BCUT2D eigenvalue weighted by molar-refractivity contribution is -0.138. The number of aliphatic hydroxyl groups is 1. The Balaban J connectivity index is 2.02. The van der Waals surface area contributed by atoms with Gasteiger partial charge in [0, 0.05) is 11.5 Å². The second-order valence-corrected chi connectivity index (χ2v) is 10.2. The first-order valence-electron chi connectivity index (χ1n) is 11.0. The molecule has 1 fully saturated rings. The molecule has 3 heteroatoms. The Morgan fingerprint density at radius 3 is 2.48 bits per heavy atom. The summed E-state index contributed by atoms with van der Waals surface area (Å²) in [6.07, 6.45) is 7.49. The van der Waals surface area contributed by atoms with Crippen LogP contribution < -0.4 is 9.47 Å². The SMILES string of the molecule is CC(C)=CCOc1ccc2c(c1CC=C(C)C)O[C@@]1(C)CC[C@H](O)C(C)(C)[C@@H]1C2. The third-order valence-corrected chi connectivity index (χ3v) is 6.91. The minimum absolute atomic E-state index is 0.163. The van der Waals surface area contributed by atoms with Crippen molar-refractivity contribution >= 4 is 0 Å². The number of ether oxygens (including phenoxy) is 2. The van der Waals surface area contributed by atoms with E-state index in [0.29, 0.717) is 12.5 Å². The lowest BCUT2D eigenvalue weighted by Gasteiger charge is -2.55. The van der Waals surface area contributed by atoms with Crippen LogP contribution in [0.5, 0.6) is 11.5 Å². The summed E-state index contributed by atoms with van der Waals surface area (Å²) in [6.45, 7) is 15.6. The molecule has 1 heterocycles. The molecule has 1 aromatic carbocycles. The molecule has 1 N–H and O–H groups in total. The van der Waals surface area contributed by atoms with Crippen LogP contribution in [0.1, 0.15) is 72.4 Å². The molecule has 0 spiro atoms. The summed E-state index contributed by atoms with van der Waals surface area (Å²) in [7, 11) is 0. The van der Waals surface area contributed by atoms with E-state index in [1.165, 1.54) is 16.7 Å². The van der Waals surface area contributed by atoms with E-state index in [0.717, 1.165) is 42.7 Å². The molecule has 3 atom stereocenters. The Morgan fingerprint density at radius 1 is 1.14 bits per heavy atom. The molecule has 2 aliphatic rings. The maximum Gasteiger partial charge on any atom is 0.130 e. The number of hydrogen-bond acceptors (Lipinski definition) is 3. The molecular formula is C26H38O3. The Kier molecular flexibility index (Phi) is 6.19. The molecule has 0 aromatic heterocycles. The number of hydrogen-bond donors (Lipinski definition) is 1. The number of rotatable bonds is 5. The van der Waals surface area contributed by atoms with Gasteiger partial charge in [0.1, 0.15) is 23.7 Å². The summed E-state index contributed by atoms with van der Waals surface area (Å²) in [5.74, 6) is 2.21. The summed E-state index contributed by atoms with van der Waals surface area (Å²) >= 11 is 0. The maximum atomic E-state index is 10.6. The Labute approximate surface area is 176 Å². The molecule has 3 rings (SSSR count). The molecule has 160 valence electrons. The van der Waals surface area contributed by atoms with Gasteiger partial charge in [0.15, 0.2) is 0 Å². The minimum atomic E-state index is -0.275. The van der Waals surface area contributed by atoms with E-state index in [-0.39, 0.29) is 17.1 Å². The lowest BCUT2D eigenvalue weighted by Crippen LogP contribution is -2.58. The van der Waals surface area contributed by atoms with Gasteiger partial charge in [-0.3, -0.25) is 0 Å². The average molecular weight is 399 g/mol. The van der Waals surface area contributed by atoms with Gasteiger partial charge in [-0.1, -0.05) is 37.1 Å². The van der Waals surface area contributed by atoms with Crippen LogP contribution in [0.2, 0.25) is 0 Å². The van der Waals surface area contributed by atoms with Gasteiger partial charge in [-0.25, -0.2) is 0 Å². The van der Waals surface area contributed by atoms with E-state index in [1.54, 1.807) is 0 Å². The van der Waals surface area contributed by atoms with Gasteiger partial charge in [-0.05, 0) is 83.4 Å². The van der Waals surface area contributed by atoms with Crippen LogP contribution in [0.4, 0.5) is 0 Å². The third-order valence-electron chi connectivity index (χ3n) is 6.91. The molecule has 3 nitrogen and oxygen atoms in total. The predicted octanol–water partition coefficient (Wildman–Crippen LogP) is 6.03. The molecule has 1 aliphatic heterocycles. The highest BCUT2D eigenvalue weighted by molar-refractivity contribution is 5.53. The van der Waals surface area contributed by atoms with E-state index < -0.39 is 0 Å². The first kappa shape index (κ1) is 22.0. The minimum Gasteiger partial charge on any atom is -0.489 e. The summed E-state index contributed by atoms with van der Waals surface area (Å²) in [6, 6.07) is 4.26. The highest BCUT2D eigenvalue weighted by Crippen LogP contribution is 2.54. The normalized spacial score (nSPS) is 27.2. The molecule has 0 radical (unpaired) electrons. The van der Waals surface area contributed by atoms with E-state index in [4.69, 9.17) is 9.47 Å². The topological polar surface area (TPSA) is 38.7 Å². The summed E-state index contributed by atoms with van der Waals surface area (Å²) < 4.78 is 13.0. The molecule has 1 saturated carbocycles. The molecular weight excluding hydrogens is 360 g/mol. The van der Waals surface area contributed by atoms with Crippen molar-refractivity contribution in [3.8, 4) is 11.5 Å². The van der Waals surface area contributed by atoms with Gasteiger partial charge in [0.25, 0.3) is 0 Å². The maximum absolute atomic E-state index is 10.6. The molecule has 0 saturated heterocycles. The van der Waals surface area contributed by atoms with Crippen molar-refractivity contribution in [1.29, 1.82) is 0 Å². The highest BCUT2D eigenvalue weighted by Gasteiger charge is 2.54. The molecule has 0 unspecified atom stereocenters. The highest BCUT2D eigenvalue weighted by atomic mass is 16.5. The fraction of sp³-hybridized carbons (Fsp3) is 0.615. The average Bonchev–Trinajstić information content (AvgIpc) is 2.63. The van der Waals surface area contributed by atoms with Gasteiger partial charge in [-0.15, -0.1) is 0 Å². The van der Waals surface area contributed by atoms with Crippen molar-refractivity contribution in [3.05, 3.63) is 46.6 Å². The molecule has 0 bridgehead atoms. The number of benzene rings is 1. The number of aliphatic hydroxyl groups excluding tert-OH is 1. The van der Waals surface area contributed by atoms with Crippen molar-refractivity contribution in [2.45, 2.75) is 85.9 Å². The molecule has 0 amide bonds. The summed E-state index contributed by atoms with van der Waals surface area (Å²) in [4.78, 5) is 0. The summed E-state index contributed by atoms with van der Waals surface area (Å²) in [5, 5.41) is 10.6. The third kappa shape index (κ3) is 4.40. The Morgan fingerprint density at radius 2 is 1.83 bits per heavy atom. The Bertz CT molecular complexity index is 809. The lowest BCUT2D eigenvalue weighted by atomic mass is 9.57. The van der Waals surface area contributed by atoms with Crippen LogP contribution in [-0.2, 0) is 12.8 Å². The van der Waals surface area contributed by atoms with Crippen LogP contribution in [0.25, 0.3) is 0 Å². The largest absolute Gasteiger partial charge is 0.489 e. The van der Waals surface area contributed by atoms with Crippen LogP contribution in [0.15, 0.2) is 35.4 Å². The zero-order valence-corrected chi connectivity index (χ0v) is 19.3. The molecule has 1 aromatic rings. The van der Waals surface area contributed by atoms with Crippen molar-refractivity contribution in [1.82, 2.24) is 0 Å². The smallest absolute Gasteiger partial charge is 0.130 e. The Hall–Kier alpha value is -1.74. The van der Waals surface area contributed by atoms with Crippen molar-refractivity contribution < 1.29 is 14.6 Å². The quantitative estimate of drug-likeness (QED) is 0.615. The van der Waals surface area contributed by atoms with Crippen molar-refractivity contribution in [3.63, 3.8) is 0 Å². The fourth-order valence-corrected chi connectivity index (χ4v) is 4.92. The first-order chi connectivity index (χ1) is 13.5. The van der Waals surface area contributed by atoms with E-state index in [2.05, 4.69) is 72.8 Å². The first-order valence-corrected chi connectivity index (χ1v) is 11.0. The van der Waals surface area contributed by atoms with Gasteiger partial charge >= 0.3 is 0 Å². The van der Waals surface area contributed by atoms with E-state index >= 15 is 0 Å². The predicted molar refractivity (Wildman–Crippen MR) is 120 cm³/mol. The van der Waals surface area contributed by atoms with Gasteiger partial charge in [-0.2, -0.15) is 0 Å². The summed E-state index contributed by atoms with van der Waals surface area (Å²) in [5.41, 5.74) is 4.51. The van der Waals surface area contributed by atoms with Gasteiger partial charge in [0.05, 0.1) is 6.10 Å². The van der Waals surface area contributed by atoms with Crippen LogP contribution >= 0.6 is 0 Å². The van der Waals surface area contributed by atoms with E-state index in [9.17, 15) is 5.11 Å². The number of allylic oxidation sites excluding steroid dienone is 3. The van der Waals surface area contributed by atoms with Crippen molar-refractivity contribution in [2.75, 3.05) is 6.61 Å². The zero-order valence-electron chi connectivity index (χ0n) is 19.3. The van der Waals surface area contributed by atoms with Crippen LogP contribution in [0.3, 0.4) is 0 Å². The number of fused-ring (bicyclic) bond motifs is 2.